The van der Waals surface area contributed by atoms with Gasteiger partial charge in [0.15, 0.2) is 5.78 Å². The molecule has 0 unspecified atom stereocenters. The van der Waals surface area contributed by atoms with Crippen molar-refractivity contribution in [2.24, 2.45) is 0 Å². The molecule has 0 aliphatic heterocycles. The lowest BCUT2D eigenvalue weighted by atomic mass is 10.0. The number of Topliss-reactive ketones (excluding diaryl/α,β-unsaturated/α-hetero) is 1. The number of benzene rings is 2. The molecular weight excluding hydrogens is 326 g/mol. The Labute approximate surface area is 132 Å². The molecule has 1 aromatic heterocycles. The summed E-state index contributed by atoms with van der Waals surface area (Å²) in [6.07, 6.45) is 0.372. The predicted octanol–water partition coefficient (Wildman–Crippen LogP) is 4.73. The number of hydrogen-bond acceptors (Lipinski definition) is 2. The first kappa shape index (κ1) is 14.0. The minimum Gasteiger partial charge on any atom is -0.292 e. The molecule has 0 N–H and O–H groups in total. The van der Waals surface area contributed by atoms with Gasteiger partial charge < -0.3 is 0 Å². The van der Waals surface area contributed by atoms with Crippen LogP contribution in [-0.4, -0.2) is 10.8 Å². The lowest BCUT2D eigenvalue weighted by Gasteiger charge is -2.07. The van der Waals surface area contributed by atoms with Crippen LogP contribution in [-0.2, 0) is 6.42 Å². The zero-order chi connectivity index (χ0) is 14.8. The van der Waals surface area contributed by atoms with Gasteiger partial charge >= 0.3 is 0 Å². The van der Waals surface area contributed by atoms with Crippen molar-refractivity contribution in [3.8, 4) is 0 Å². The van der Waals surface area contributed by atoms with Gasteiger partial charge in [0.2, 0.25) is 0 Å². The number of carbonyl (C=O) groups excluding carboxylic acids is 1. The van der Waals surface area contributed by atoms with E-state index in [1.807, 2.05) is 61.5 Å². The molecule has 2 nitrogen and oxygen atoms in total. The molecule has 3 heteroatoms. The van der Waals surface area contributed by atoms with Crippen LogP contribution < -0.4 is 0 Å². The molecule has 0 radical (unpaired) electrons. The van der Waals surface area contributed by atoms with Crippen LogP contribution in [0, 0.1) is 6.92 Å². The predicted molar refractivity (Wildman–Crippen MR) is 88.7 cm³/mol. The van der Waals surface area contributed by atoms with E-state index in [-0.39, 0.29) is 5.78 Å². The number of halogens is 1. The van der Waals surface area contributed by atoms with Crippen molar-refractivity contribution in [3.63, 3.8) is 0 Å². The van der Waals surface area contributed by atoms with Crippen LogP contribution in [0.15, 0.2) is 59.1 Å². The molecule has 21 heavy (non-hydrogen) atoms. The maximum atomic E-state index is 12.5. The van der Waals surface area contributed by atoms with E-state index in [2.05, 4.69) is 20.9 Å². The topological polar surface area (TPSA) is 30.0 Å². The van der Waals surface area contributed by atoms with Gasteiger partial charge in [-0.05, 0) is 46.1 Å². The van der Waals surface area contributed by atoms with Gasteiger partial charge in [0.25, 0.3) is 0 Å². The number of carbonyl (C=O) groups is 1. The lowest BCUT2D eigenvalue weighted by molar-refractivity contribution is 0.0987. The van der Waals surface area contributed by atoms with Gasteiger partial charge in [0, 0.05) is 16.3 Å². The van der Waals surface area contributed by atoms with Crippen LogP contribution in [0.5, 0.6) is 0 Å². The average Bonchev–Trinajstić information content (AvgIpc) is 2.49. The first-order valence-corrected chi connectivity index (χ1v) is 7.57. The second-order valence-corrected chi connectivity index (χ2v) is 5.89. The Hall–Kier alpha value is -2.00. The summed E-state index contributed by atoms with van der Waals surface area (Å²) >= 11 is 3.47. The van der Waals surface area contributed by atoms with E-state index in [4.69, 9.17) is 0 Å². The van der Waals surface area contributed by atoms with Crippen LogP contribution in [0.1, 0.15) is 21.6 Å². The Bertz CT molecular complexity index is 826. The van der Waals surface area contributed by atoms with Gasteiger partial charge in [-0.1, -0.05) is 42.5 Å². The highest BCUT2D eigenvalue weighted by molar-refractivity contribution is 9.10. The standard InChI is InChI=1S/C18H14BrNO/c1-12-6-2-3-7-13(12)11-17(21)18-15(19)10-14-8-4-5-9-16(14)20-18/h2-10H,11H2,1H3. The fourth-order valence-corrected chi connectivity index (χ4v) is 2.91. The summed E-state index contributed by atoms with van der Waals surface area (Å²) in [5.41, 5.74) is 3.51. The Balaban J connectivity index is 1.98. The van der Waals surface area contributed by atoms with Gasteiger partial charge in [-0.25, -0.2) is 4.98 Å². The van der Waals surface area contributed by atoms with E-state index in [0.717, 1.165) is 26.5 Å². The van der Waals surface area contributed by atoms with Crippen molar-refractivity contribution >= 4 is 32.6 Å². The van der Waals surface area contributed by atoms with Crippen LogP contribution in [0.2, 0.25) is 0 Å². The molecular formula is C18H14BrNO. The summed E-state index contributed by atoms with van der Waals surface area (Å²) in [5.74, 6) is 0.0296. The molecule has 104 valence electrons. The van der Waals surface area contributed by atoms with Crippen molar-refractivity contribution < 1.29 is 4.79 Å². The highest BCUT2D eigenvalue weighted by Gasteiger charge is 2.14. The van der Waals surface area contributed by atoms with Crippen molar-refractivity contribution in [2.45, 2.75) is 13.3 Å². The second kappa shape index (κ2) is 5.78. The van der Waals surface area contributed by atoms with Crippen LogP contribution in [0.4, 0.5) is 0 Å². The number of pyridine rings is 1. The van der Waals surface area contributed by atoms with E-state index in [1.165, 1.54) is 0 Å². The fraction of sp³-hybridized carbons (Fsp3) is 0.111. The van der Waals surface area contributed by atoms with E-state index >= 15 is 0 Å². The van der Waals surface area contributed by atoms with Crippen LogP contribution in [0.25, 0.3) is 10.9 Å². The molecule has 0 atom stereocenters. The maximum Gasteiger partial charge on any atom is 0.186 e. The van der Waals surface area contributed by atoms with E-state index in [1.54, 1.807) is 0 Å². The SMILES string of the molecule is Cc1ccccc1CC(=O)c1nc2ccccc2cc1Br. The summed E-state index contributed by atoms with van der Waals surface area (Å²) in [6, 6.07) is 17.7. The van der Waals surface area contributed by atoms with Gasteiger partial charge in [-0.3, -0.25) is 4.79 Å². The molecule has 3 rings (SSSR count). The quantitative estimate of drug-likeness (QED) is 0.645. The normalized spacial score (nSPS) is 10.8. The molecule has 0 bridgehead atoms. The minimum absolute atomic E-state index is 0.0296. The third-order valence-electron chi connectivity index (χ3n) is 3.55. The lowest BCUT2D eigenvalue weighted by Crippen LogP contribution is -2.08. The van der Waals surface area contributed by atoms with Crippen molar-refractivity contribution in [1.29, 1.82) is 0 Å². The van der Waals surface area contributed by atoms with Gasteiger partial charge in [0.1, 0.15) is 5.69 Å². The summed E-state index contributed by atoms with van der Waals surface area (Å²) in [5, 5.41) is 1.02. The maximum absolute atomic E-state index is 12.5. The number of aromatic nitrogens is 1. The first-order valence-electron chi connectivity index (χ1n) is 6.78. The van der Waals surface area contributed by atoms with E-state index in [0.29, 0.717) is 12.1 Å². The molecule has 0 spiro atoms. The minimum atomic E-state index is 0.0296. The number of hydrogen-bond donors (Lipinski definition) is 0. The highest BCUT2D eigenvalue weighted by Crippen LogP contribution is 2.23. The second-order valence-electron chi connectivity index (χ2n) is 5.04. The van der Waals surface area contributed by atoms with E-state index < -0.39 is 0 Å². The molecule has 0 aliphatic carbocycles. The molecule has 1 heterocycles. The fourth-order valence-electron chi connectivity index (χ4n) is 2.35. The summed E-state index contributed by atoms with van der Waals surface area (Å²) < 4.78 is 0.750. The van der Waals surface area contributed by atoms with E-state index in [9.17, 15) is 4.79 Å². The smallest absolute Gasteiger partial charge is 0.186 e. The number of ketones is 1. The number of fused-ring (bicyclic) bond motifs is 1. The van der Waals surface area contributed by atoms with Gasteiger partial charge in [0.05, 0.1) is 5.52 Å². The summed E-state index contributed by atoms with van der Waals surface area (Å²) in [4.78, 5) is 17.0. The van der Waals surface area contributed by atoms with Crippen molar-refractivity contribution in [3.05, 3.63) is 75.9 Å². The average molecular weight is 340 g/mol. The molecule has 0 aliphatic rings. The van der Waals surface area contributed by atoms with Gasteiger partial charge in [-0.15, -0.1) is 0 Å². The molecule has 0 fully saturated rings. The zero-order valence-corrected chi connectivity index (χ0v) is 13.2. The Morgan fingerprint density at radius 2 is 1.81 bits per heavy atom. The van der Waals surface area contributed by atoms with Crippen molar-refractivity contribution in [2.75, 3.05) is 0 Å². The molecule has 3 aromatic rings. The number of aryl methyl sites for hydroxylation is 1. The largest absolute Gasteiger partial charge is 0.292 e. The Morgan fingerprint density at radius 1 is 1.10 bits per heavy atom. The number of para-hydroxylation sites is 1. The summed E-state index contributed by atoms with van der Waals surface area (Å²) in [7, 11) is 0. The molecule has 0 saturated heterocycles. The molecule has 0 saturated carbocycles. The third kappa shape index (κ3) is 2.88. The Morgan fingerprint density at radius 3 is 2.62 bits per heavy atom. The Kier molecular flexibility index (Phi) is 3.84. The molecule has 0 amide bonds. The summed E-state index contributed by atoms with van der Waals surface area (Å²) in [6.45, 7) is 2.02. The van der Waals surface area contributed by atoms with Crippen LogP contribution >= 0.6 is 15.9 Å². The van der Waals surface area contributed by atoms with Crippen LogP contribution in [0.3, 0.4) is 0 Å². The molecule has 2 aromatic carbocycles. The zero-order valence-electron chi connectivity index (χ0n) is 11.6. The third-order valence-corrected chi connectivity index (χ3v) is 4.16. The van der Waals surface area contributed by atoms with Gasteiger partial charge in [-0.2, -0.15) is 0 Å². The monoisotopic (exact) mass is 339 g/mol. The number of nitrogens with zero attached hydrogens (tertiary/aromatic N) is 1. The van der Waals surface area contributed by atoms with Crippen molar-refractivity contribution in [1.82, 2.24) is 4.98 Å². The number of rotatable bonds is 3. The first-order chi connectivity index (χ1) is 10.1. The highest BCUT2D eigenvalue weighted by atomic mass is 79.9.